The van der Waals surface area contributed by atoms with Gasteiger partial charge in [0.2, 0.25) is 0 Å². The van der Waals surface area contributed by atoms with E-state index in [9.17, 15) is 9.90 Å². The molecule has 0 aliphatic heterocycles. The number of carbonyl (C=O) groups is 1. The summed E-state index contributed by atoms with van der Waals surface area (Å²) in [7, 11) is 0. The van der Waals surface area contributed by atoms with Gasteiger partial charge in [0.25, 0.3) is 0 Å². The SMILES string of the molecule is Cc1cc2ncn(-c3cc(N)ccc3C(=O)O)c2cc1C. The van der Waals surface area contributed by atoms with Crippen molar-refractivity contribution in [2.75, 3.05) is 5.73 Å². The van der Waals surface area contributed by atoms with Crippen molar-refractivity contribution < 1.29 is 9.90 Å². The lowest BCUT2D eigenvalue weighted by molar-refractivity contribution is 0.0697. The van der Waals surface area contributed by atoms with Crippen LogP contribution < -0.4 is 5.73 Å². The second-order valence-corrected chi connectivity index (χ2v) is 5.12. The minimum atomic E-state index is -0.990. The van der Waals surface area contributed by atoms with E-state index in [1.807, 2.05) is 26.0 Å². The molecule has 0 unspecified atom stereocenters. The number of aryl methyl sites for hydroxylation is 2. The Morgan fingerprint density at radius 1 is 1.19 bits per heavy atom. The van der Waals surface area contributed by atoms with Gasteiger partial charge in [0, 0.05) is 5.69 Å². The number of nitrogens with two attached hydrogens (primary N) is 1. The van der Waals surface area contributed by atoms with Crippen LogP contribution >= 0.6 is 0 Å². The normalized spacial score (nSPS) is 11.0. The zero-order chi connectivity index (χ0) is 15.1. The molecule has 0 spiro atoms. The largest absolute Gasteiger partial charge is 0.478 e. The van der Waals surface area contributed by atoms with Gasteiger partial charge in [-0.25, -0.2) is 9.78 Å². The molecule has 0 aliphatic carbocycles. The third-order valence-corrected chi connectivity index (χ3v) is 3.67. The molecule has 1 aromatic heterocycles. The summed E-state index contributed by atoms with van der Waals surface area (Å²) >= 11 is 0. The monoisotopic (exact) mass is 281 g/mol. The Morgan fingerprint density at radius 2 is 1.90 bits per heavy atom. The molecule has 2 aromatic carbocycles. The number of nitrogens with zero attached hydrogens (tertiary/aromatic N) is 2. The van der Waals surface area contributed by atoms with Crippen LogP contribution in [0.15, 0.2) is 36.7 Å². The Kier molecular flexibility index (Phi) is 2.90. The number of carboxylic acids is 1. The average molecular weight is 281 g/mol. The van der Waals surface area contributed by atoms with Crippen LogP contribution in [0, 0.1) is 13.8 Å². The van der Waals surface area contributed by atoms with Crippen LogP contribution in [0.2, 0.25) is 0 Å². The zero-order valence-corrected chi connectivity index (χ0v) is 11.8. The summed E-state index contributed by atoms with van der Waals surface area (Å²) < 4.78 is 1.77. The zero-order valence-electron chi connectivity index (χ0n) is 11.8. The maximum atomic E-state index is 11.4. The second-order valence-electron chi connectivity index (χ2n) is 5.12. The van der Waals surface area contributed by atoms with Gasteiger partial charge in [-0.15, -0.1) is 0 Å². The van der Waals surface area contributed by atoms with Crippen LogP contribution in [0.25, 0.3) is 16.7 Å². The smallest absolute Gasteiger partial charge is 0.337 e. The number of benzene rings is 2. The van der Waals surface area contributed by atoms with E-state index in [-0.39, 0.29) is 5.56 Å². The van der Waals surface area contributed by atoms with Crippen molar-refractivity contribution in [1.82, 2.24) is 9.55 Å². The van der Waals surface area contributed by atoms with Crippen LogP contribution in [0.3, 0.4) is 0 Å². The Balaban J connectivity index is 2.33. The highest BCUT2D eigenvalue weighted by Gasteiger charge is 2.14. The minimum absolute atomic E-state index is 0.196. The van der Waals surface area contributed by atoms with Crippen LogP contribution in [0.1, 0.15) is 21.5 Å². The first-order chi connectivity index (χ1) is 9.97. The van der Waals surface area contributed by atoms with Gasteiger partial charge in [-0.2, -0.15) is 0 Å². The molecule has 0 aliphatic rings. The van der Waals surface area contributed by atoms with Gasteiger partial charge in [0.1, 0.15) is 6.33 Å². The standard InChI is InChI=1S/C16H15N3O2/c1-9-5-13-15(6-10(9)2)19(8-18-13)14-7-11(17)3-4-12(14)16(20)21/h3-8H,17H2,1-2H3,(H,20,21). The molecule has 106 valence electrons. The Bertz CT molecular complexity index is 865. The van der Waals surface area contributed by atoms with Crippen molar-refractivity contribution in [1.29, 1.82) is 0 Å². The molecule has 0 amide bonds. The summed E-state index contributed by atoms with van der Waals surface area (Å²) in [6.07, 6.45) is 1.63. The number of fused-ring (bicyclic) bond motifs is 1. The number of carboxylic acid groups (broad SMARTS) is 1. The lowest BCUT2D eigenvalue weighted by atomic mass is 10.1. The molecule has 3 rings (SSSR count). The number of hydrogen-bond donors (Lipinski definition) is 2. The van der Waals surface area contributed by atoms with Gasteiger partial charge < -0.3 is 10.8 Å². The molecule has 0 radical (unpaired) electrons. The summed E-state index contributed by atoms with van der Waals surface area (Å²) in [5.74, 6) is -0.990. The van der Waals surface area contributed by atoms with Crippen molar-refractivity contribution in [2.45, 2.75) is 13.8 Å². The number of nitrogen functional groups attached to an aromatic ring is 1. The van der Waals surface area contributed by atoms with Gasteiger partial charge in [-0.3, -0.25) is 4.57 Å². The molecule has 1 heterocycles. The highest BCUT2D eigenvalue weighted by Crippen LogP contribution is 2.25. The van der Waals surface area contributed by atoms with Crippen molar-refractivity contribution in [2.24, 2.45) is 0 Å². The lowest BCUT2D eigenvalue weighted by Crippen LogP contribution is -2.05. The fourth-order valence-corrected chi connectivity index (χ4v) is 2.39. The van der Waals surface area contributed by atoms with E-state index < -0.39 is 5.97 Å². The predicted octanol–water partition coefficient (Wildman–Crippen LogP) is 2.92. The summed E-state index contributed by atoms with van der Waals surface area (Å²) in [6.45, 7) is 4.04. The summed E-state index contributed by atoms with van der Waals surface area (Å²) in [6, 6.07) is 8.75. The molecule has 0 atom stereocenters. The number of aromatic carboxylic acids is 1. The Morgan fingerprint density at radius 3 is 2.62 bits per heavy atom. The maximum Gasteiger partial charge on any atom is 0.337 e. The van der Waals surface area contributed by atoms with E-state index in [0.29, 0.717) is 11.4 Å². The van der Waals surface area contributed by atoms with Crippen molar-refractivity contribution in [3.05, 3.63) is 53.3 Å². The van der Waals surface area contributed by atoms with Gasteiger partial charge in [0.05, 0.1) is 22.3 Å². The lowest BCUT2D eigenvalue weighted by Gasteiger charge is -2.10. The molecule has 5 nitrogen and oxygen atoms in total. The molecule has 0 bridgehead atoms. The van der Waals surface area contributed by atoms with E-state index in [0.717, 1.165) is 22.2 Å². The number of hydrogen-bond acceptors (Lipinski definition) is 3. The molecule has 3 aromatic rings. The number of imidazole rings is 1. The van der Waals surface area contributed by atoms with Gasteiger partial charge in [-0.05, 0) is 55.3 Å². The first-order valence-corrected chi connectivity index (χ1v) is 6.55. The van der Waals surface area contributed by atoms with Crippen molar-refractivity contribution in [3.63, 3.8) is 0 Å². The molecular formula is C16H15N3O2. The molecule has 0 fully saturated rings. The molecular weight excluding hydrogens is 266 g/mol. The third-order valence-electron chi connectivity index (χ3n) is 3.67. The highest BCUT2D eigenvalue weighted by molar-refractivity contribution is 5.94. The number of anilines is 1. The van der Waals surface area contributed by atoms with E-state index in [1.54, 1.807) is 23.0 Å². The molecule has 21 heavy (non-hydrogen) atoms. The van der Waals surface area contributed by atoms with Gasteiger partial charge >= 0.3 is 5.97 Å². The fraction of sp³-hybridized carbons (Fsp3) is 0.125. The van der Waals surface area contributed by atoms with E-state index in [4.69, 9.17) is 5.73 Å². The van der Waals surface area contributed by atoms with Crippen molar-refractivity contribution >= 4 is 22.7 Å². The molecule has 0 saturated heterocycles. The summed E-state index contributed by atoms with van der Waals surface area (Å²) in [5, 5.41) is 9.35. The first-order valence-electron chi connectivity index (χ1n) is 6.55. The van der Waals surface area contributed by atoms with Crippen LogP contribution in [-0.2, 0) is 0 Å². The predicted molar refractivity (Wildman–Crippen MR) is 81.9 cm³/mol. The minimum Gasteiger partial charge on any atom is -0.478 e. The summed E-state index contributed by atoms with van der Waals surface area (Å²) in [5.41, 5.74) is 11.0. The van der Waals surface area contributed by atoms with Gasteiger partial charge in [-0.1, -0.05) is 0 Å². The Hall–Kier alpha value is -2.82. The quantitative estimate of drug-likeness (QED) is 0.708. The van der Waals surface area contributed by atoms with Crippen molar-refractivity contribution in [3.8, 4) is 5.69 Å². The topological polar surface area (TPSA) is 81.1 Å². The van der Waals surface area contributed by atoms with Crippen LogP contribution in [0.5, 0.6) is 0 Å². The van der Waals surface area contributed by atoms with Gasteiger partial charge in [0.15, 0.2) is 0 Å². The molecule has 3 N–H and O–H groups in total. The van der Waals surface area contributed by atoms with Crippen LogP contribution in [-0.4, -0.2) is 20.6 Å². The van der Waals surface area contributed by atoms with Crippen LogP contribution in [0.4, 0.5) is 5.69 Å². The maximum absolute atomic E-state index is 11.4. The first kappa shape index (κ1) is 13.2. The fourth-order valence-electron chi connectivity index (χ4n) is 2.39. The summed E-state index contributed by atoms with van der Waals surface area (Å²) in [4.78, 5) is 15.8. The third kappa shape index (κ3) is 2.12. The number of rotatable bonds is 2. The molecule has 0 saturated carbocycles. The van der Waals surface area contributed by atoms with E-state index >= 15 is 0 Å². The van der Waals surface area contributed by atoms with E-state index in [2.05, 4.69) is 4.98 Å². The second kappa shape index (κ2) is 4.63. The highest BCUT2D eigenvalue weighted by atomic mass is 16.4. The molecule has 5 heteroatoms. The van der Waals surface area contributed by atoms with E-state index in [1.165, 1.54) is 6.07 Å². The Labute approximate surface area is 121 Å². The average Bonchev–Trinajstić information content (AvgIpc) is 2.81. The number of aromatic nitrogens is 2.